The zero-order chi connectivity index (χ0) is 15.1. The third-order valence-electron chi connectivity index (χ3n) is 3.64. The van der Waals surface area contributed by atoms with Crippen LogP contribution in [-0.4, -0.2) is 48.8 Å². The van der Waals surface area contributed by atoms with Gasteiger partial charge in [0.05, 0.1) is 26.4 Å². The summed E-state index contributed by atoms with van der Waals surface area (Å²) in [6, 6.07) is 7.85. The fraction of sp³-hybridized carbons (Fsp3) is 0.625. The lowest BCUT2D eigenvalue weighted by Crippen LogP contribution is -2.21. The number of rotatable bonds is 10. The summed E-state index contributed by atoms with van der Waals surface area (Å²) in [7, 11) is 1.65. The topological polar surface area (TPSA) is 71.5 Å². The molecule has 1 aliphatic heterocycles. The first kappa shape index (κ1) is 16.2. The van der Waals surface area contributed by atoms with E-state index in [1.54, 1.807) is 7.11 Å². The average molecular weight is 296 g/mol. The van der Waals surface area contributed by atoms with Crippen molar-refractivity contribution in [2.75, 3.05) is 20.3 Å². The van der Waals surface area contributed by atoms with Gasteiger partial charge in [0.1, 0.15) is 18.0 Å². The molecule has 5 nitrogen and oxygen atoms in total. The van der Waals surface area contributed by atoms with Crippen LogP contribution in [0.15, 0.2) is 24.3 Å². The fourth-order valence-corrected chi connectivity index (χ4v) is 2.29. The molecular formula is C16H24O5. The van der Waals surface area contributed by atoms with Crippen molar-refractivity contribution in [3.63, 3.8) is 0 Å². The number of aliphatic hydroxyl groups excluding tert-OH is 2. The molecule has 1 aromatic carbocycles. The lowest BCUT2D eigenvalue weighted by molar-refractivity contribution is 0.0706. The van der Waals surface area contributed by atoms with Crippen LogP contribution in [0.1, 0.15) is 24.8 Å². The fourth-order valence-electron chi connectivity index (χ4n) is 2.29. The number of benzene rings is 1. The van der Waals surface area contributed by atoms with Gasteiger partial charge < -0.3 is 24.4 Å². The van der Waals surface area contributed by atoms with Crippen LogP contribution in [0.3, 0.4) is 0 Å². The van der Waals surface area contributed by atoms with Crippen molar-refractivity contribution < 1.29 is 24.4 Å². The second kappa shape index (κ2) is 8.34. The minimum atomic E-state index is -0.735. The molecule has 0 bridgehead atoms. The van der Waals surface area contributed by atoms with Gasteiger partial charge in [0, 0.05) is 6.61 Å². The number of hydrogen-bond acceptors (Lipinski definition) is 5. The molecule has 0 aromatic heterocycles. The van der Waals surface area contributed by atoms with Crippen molar-refractivity contribution in [3.05, 3.63) is 29.8 Å². The van der Waals surface area contributed by atoms with Gasteiger partial charge >= 0.3 is 0 Å². The minimum Gasteiger partial charge on any atom is -0.497 e. The van der Waals surface area contributed by atoms with Gasteiger partial charge in [-0.3, -0.25) is 0 Å². The van der Waals surface area contributed by atoms with E-state index in [0.717, 1.165) is 30.6 Å². The Labute approximate surface area is 125 Å². The summed E-state index contributed by atoms with van der Waals surface area (Å²) < 4.78 is 16.0. The summed E-state index contributed by atoms with van der Waals surface area (Å²) in [6.07, 6.45) is 2.08. The normalized spacial score (nSPS) is 22.0. The first-order valence-corrected chi connectivity index (χ1v) is 7.39. The van der Waals surface area contributed by atoms with Crippen LogP contribution in [0.5, 0.6) is 5.75 Å². The molecule has 2 rings (SSSR count). The maximum absolute atomic E-state index is 9.36. The van der Waals surface area contributed by atoms with Gasteiger partial charge in [-0.1, -0.05) is 12.1 Å². The molecule has 1 fully saturated rings. The third-order valence-corrected chi connectivity index (χ3v) is 3.64. The maximum Gasteiger partial charge on any atom is 0.118 e. The van der Waals surface area contributed by atoms with E-state index >= 15 is 0 Å². The van der Waals surface area contributed by atoms with Gasteiger partial charge in [-0.05, 0) is 37.0 Å². The number of epoxide rings is 1. The molecule has 21 heavy (non-hydrogen) atoms. The number of aliphatic hydroxyl groups is 2. The van der Waals surface area contributed by atoms with Gasteiger partial charge in [-0.2, -0.15) is 0 Å². The predicted molar refractivity (Wildman–Crippen MR) is 78.3 cm³/mol. The van der Waals surface area contributed by atoms with Crippen molar-refractivity contribution in [3.8, 4) is 5.75 Å². The highest BCUT2D eigenvalue weighted by Crippen LogP contribution is 2.29. The van der Waals surface area contributed by atoms with Crippen molar-refractivity contribution in [1.82, 2.24) is 0 Å². The first-order valence-electron chi connectivity index (χ1n) is 7.39. The van der Waals surface area contributed by atoms with Gasteiger partial charge in [-0.15, -0.1) is 0 Å². The summed E-state index contributed by atoms with van der Waals surface area (Å²) in [4.78, 5) is 0. The Morgan fingerprint density at radius 1 is 1.24 bits per heavy atom. The Balaban J connectivity index is 1.49. The highest BCUT2D eigenvalue weighted by atomic mass is 16.6. The average Bonchev–Trinajstić information content (AvgIpc) is 3.30. The van der Waals surface area contributed by atoms with E-state index in [0.29, 0.717) is 13.2 Å². The van der Waals surface area contributed by atoms with Crippen molar-refractivity contribution >= 4 is 0 Å². The molecule has 1 heterocycles. The summed E-state index contributed by atoms with van der Waals surface area (Å²) in [6.45, 7) is 1.09. The molecule has 5 heteroatoms. The van der Waals surface area contributed by atoms with E-state index in [2.05, 4.69) is 0 Å². The van der Waals surface area contributed by atoms with Crippen LogP contribution in [-0.2, 0) is 16.1 Å². The maximum atomic E-state index is 9.36. The van der Waals surface area contributed by atoms with Gasteiger partial charge in [0.2, 0.25) is 0 Å². The van der Waals surface area contributed by atoms with Crippen LogP contribution >= 0.6 is 0 Å². The van der Waals surface area contributed by atoms with Crippen molar-refractivity contribution in [2.24, 2.45) is 0 Å². The molecule has 2 N–H and O–H groups in total. The molecule has 1 aromatic rings. The Morgan fingerprint density at radius 2 is 2.00 bits per heavy atom. The van der Waals surface area contributed by atoms with Gasteiger partial charge in [0.25, 0.3) is 0 Å². The van der Waals surface area contributed by atoms with Crippen LogP contribution in [0.2, 0.25) is 0 Å². The molecule has 0 amide bonds. The largest absolute Gasteiger partial charge is 0.497 e. The first-order chi connectivity index (χ1) is 10.2. The minimum absolute atomic E-state index is 0.105. The van der Waals surface area contributed by atoms with E-state index in [4.69, 9.17) is 19.3 Å². The van der Waals surface area contributed by atoms with E-state index in [9.17, 15) is 5.11 Å². The molecule has 0 saturated carbocycles. The molecule has 0 radical (unpaired) electrons. The van der Waals surface area contributed by atoms with Crippen LogP contribution in [0, 0.1) is 0 Å². The molecule has 3 atom stereocenters. The molecule has 0 spiro atoms. The lowest BCUT2D eigenvalue weighted by Gasteiger charge is -2.05. The predicted octanol–water partition coefficient (Wildman–Crippen LogP) is 1.50. The zero-order valence-corrected chi connectivity index (χ0v) is 12.4. The Morgan fingerprint density at radius 3 is 2.67 bits per heavy atom. The van der Waals surface area contributed by atoms with Crippen LogP contribution < -0.4 is 4.74 Å². The number of unbranched alkanes of at least 4 members (excludes halogenated alkanes) is 1. The smallest absolute Gasteiger partial charge is 0.118 e. The highest BCUT2D eigenvalue weighted by molar-refractivity contribution is 5.26. The van der Waals surface area contributed by atoms with Gasteiger partial charge in [-0.25, -0.2) is 0 Å². The van der Waals surface area contributed by atoms with E-state index < -0.39 is 6.10 Å². The monoisotopic (exact) mass is 296 g/mol. The van der Waals surface area contributed by atoms with Crippen molar-refractivity contribution in [1.29, 1.82) is 0 Å². The number of methoxy groups -OCH3 is 1. The van der Waals surface area contributed by atoms with Crippen molar-refractivity contribution in [2.45, 2.75) is 44.2 Å². The molecule has 118 valence electrons. The second-order valence-electron chi connectivity index (χ2n) is 5.29. The Kier molecular flexibility index (Phi) is 6.45. The highest BCUT2D eigenvalue weighted by Gasteiger charge is 2.43. The quantitative estimate of drug-likeness (QED) is 0.506. The number of hydrogen-bond donors (Lipinski definition) is 2. The number of ether oxygens (including phenoxy) is 3. The van der Waals surface area contributed by atoms with Crippen LogP contribution in [0.4, 0.5) is 0 Å². The molecule has 1 aliphatic rings. The third kappa shape index (κ3) is 5.28. The molecular weight excluding hydrogens is 272 g/mol. The summed E-state index contributed by atoms with van der Waals surface area (Å²) >= 11 is 0. The Hall–Kier alpha value is -1.14. The van der Waals surface area contributed by atoms with Gasteiger partial charge in [0.15, 0.2) is 0 Å². The SMILES string of the molecule is COc1ccc(COCCCC[C@@H]2O[C@H]2[C@H](O)CO)cc1. The Bertz CT molecular complexity index is 406. The summed E-state index contributed by atoms with van der Waals surface area (Å²) in [5.74, 6) is 0.850. The van der Waals surface area contributed by atoms with Crippen LogP contribution in [0.25, 0.3) is 0 Å². The summed E-state index contributed by atoms with van der Waals surface area (Å²) in [5, 5.41) is 18.2. The van der Waals surface area contributed by atoms with E-state index in [-0.39, 0.29) is 18.8 Å². The zero-order valence-electron chi connectivity index (χ0n) is 12.4. The van der Waals surface area contributed by atoms with E-state index in [1.165, 1.54) is 0 Å². The lowest BCUT2D eigenvalue weighted by atomic mass is 10.1. The molecule has 1 saturated heterocycles. The van der Waals surface area contributed by atoms with E-state index in [1.807, 2.05) is 24.3 Å². The summed E-state index contributed by atoms with van der Waals surface area (Å²) in [5.41, 5.74) is 1.13. The molecule has 0 unspecified atom stereocenters. The molecule has 0 aliphatic carbocycles. The standard InChI is InChI=1S/C16H24O5/c1-19-13-7-5-12(6-8-13)11-20-9-3-2-4-15-16(21-15)14(18)10-17/h5-8,14-18H,2-4,9-11H2,1H3/t14-,15+,16+/m1/s1. The second-order valence-corrected chi connectivity index (χ2v) is 5.29.